The monoisotopic (exact) mass is 217 g/mol. The maximum atomic E-state index is 10.1. The van der Waals surface area contributed by atoms with Gasteiger partial charge in [0.25, 0.3) is 0 Å². The van der Waals surface area contributed by atoms with Crippen molar-refractivity contribution >= 4 is 11.9 Å². The lowest BCUT2D eigenvalue weighted by Crippen LogP contribution is -2.31. The molecule has 0 heterocycles. The van der Waals surface area contributed by atoms with Crippen molar-refractivity contribution < 1.29 is 19.4 Å². The predicted molar refractivity (Wildman–Crippen MR) is 57.0 cm³/mol. The molecular weight excluding hydrogens is 198 g/mol. The van der Waals surface area contributed by atoms with Gasteiger partial charge in [-0.2, -0.15) is 0 Å². The molecule has 1 atom stereocenters. The van der Waals surface area contributed by atoms with Crippen LogP contribution in [0.15, 0.2) is 12.8 Å². The highest BCUT2D eigenvalue weighted by Gasteiger charge is 2.11. The lowest BCUT2D eigenvalue weighted by molar-refractivity contribution is -0.139. The summed E-state index contributed by atoms with van der Waals surface area (Å²) in [5, 5.41) is 8.31. The second-order valence-electron chi connectivity index (χ2n) is 3.35. The number of hydrogen-bond donors (Lipinski definition) is 2. The molecule has 0 aliphatic heterocycles. The van der Waals surface area contributed by atoms with Crippen molar-refractivity contribution in [3.8, 4) is 0 Å². The third-order valence-electron chi connectivity index (χ3n) is 1.29. The Morgan fingerprint density at radius 1 is 1.53 bits per heavy atom. The Hall–Kier alpha value is -1.36. The summed E-state index contributed by atoms with van der Waals surface area (Å²) in [4.78, 5) is 19.9. The highest BCUT2D eigenvalue weighted by atomic mass is 16.5. The molecule has 0 fully saturated rings. The van der Waals surface area contributed by atoms with Crippen LogP contribution in [0.2, 0.25) is 0 Å². The van der Waals surface area contributed by atoms with E-state index in [4.69, 9.17) is 10.8 Å². The zero-order chi connectivity index (χ0) is 12.4. The molecule has 0 rings (SSSR count). The van der Waals surface area contributed by atoms with Gasteiger partial charge in [0.2, 0.25) is 0 Å². The third kappa shape index (κ3) is 15.4. The van der Waals surface area contributed by atoms with Gasteiger partial charge in [0.05, 0.1) is 6.26 Å². The molecule has 0 aromatic rings. The number of hydrogen-bond acceptors (Lipinski definition) is 4. The molecule has 0 bridgehead atoms. The number of rotatable bonds is 4. The summed E-state index contributed by atoms with van der Waals surface area (Å²) in [6, 6.07) is -0.690. The van der Waals surface area contributed by atoms with E-state index >= 15 is 0 Å². The van der Waals surface area contributed by atoms with Crippen molar-refractivity contribution in [2.75, 3.05) is 0 Å². The van der Waals surface area contributed by atoms with Crippen LogP contribution in [0.3, 0.4) is 0 Å². The molecule has 88 valence electrons. The molecule has 0 spiro atoms. The number of carboxylic acid groups (broad SMARTS) is 1. The van der Waals surface area contributed by atoms with Crippen LogP contribution in [0.5, 0.6) is 0 Å². The van der Waals surface area contributed by atoms with Crippen molar-refractivity contribution in [1.29, 1.82) is 0 Å². The first-order chi connectivity index (χ1) is 6.81. The molecule has 5 nitrogen and oxygen atoms in total. The molecule has 15 heavy (non-hydrogen) atoms. The van der Waals surface area contributed by atoms with Gasteiger partial charge in [0, 0.05) is 6.92 Å². The van der Waals surface area contributed by atoms with Gasteiger partial charge in [0.15, 0.2) is 0 Å². The molecule has 0 amide bonds. The Morgan fingerprint density at radius 2 is 2.00 bits per heavy atom. The Balaban J connectivity index is 0. The highest BCUT2D eigenvalue weighted by Crippen LogP contribution is 2.01. The van der Waals surface area contributed by atoms with Gasteiger partial charge >= 0.3 is 11.9 Å². The van der Waals surface area contributed by atoms with E-state index in [1.807, 2.05) is 13.8 Å². The molecule has 0 aliphatic rings. The van der Waals surface area contributed by atoms with Gasteiger partial charge in [-0.1, -0.05) is 20.4 Å². The molecule has 0 aromatic carbocycles. The fraction of sp³-hybridized carbons (Fsp3) is 0.600. The van der Waals surface area contributed by atoms with Crippen LogP contribution in [0, 0.1) is 5.92 Å². The molecule has 0 saturated heterocycles. The summed E-state index contributed by atoms with van der Waals surface area (Å²) in [5.41, 5.74) is 5.22. The Kier molecular flexibility index (Phi) is 9.87. The van der Waals surface area contributed by atoms with Crippen LogP contribution >= 0.6 is 0 Å². The number of nitrogens with two attached hydrogens (primary N) is 1. The zero-order valence-corrected chi connectivity index (χ0v) is 9.40. The number of aliphatic carboxylic acids is 1. The van der Waals surface area contributed by atoms with Crippen molar-refractivity contribution in [3.05, 3.63) is 12.8 Å². The fourth-order valence-corrected chi connectivity index (χ4v) is 0.726. The normalized spacial score (nSPS) is 11.0. The predicted octanol–water partition coefficient (Wildman–Crippen LogP) is 1.14. The lowest BCUT2D eigenvalue weighted by atomic mass is 10.1. The second-order valence-corrected chi connectivity index (χ2v) is 3.35. The van der Waals surface area contributed by atoms with Crippen molar-refractivity contribution in [2.45, 2.75) is 33.2 Å². The minimum atomic E-state index is -0.913. The van der Waals surface area contributed by atoms with Crippen LogP contribution in [-0.4, -0.2) is 23.1 Å². The van der Waals surface area contributed by atoms with Crippen LogP contribution < -0.4 is 5.73 Å². The quantitative estimate of drug-likeness (QED) is 0.544. The SMILES string of the molecule is C=COC(C)=O.CC(C)CC(N)C(=O)O. The van der Waals surface area contributed by atoms with E-state index < -0.39 is 12.0 Å². The van der Waals surface area contributed by atoms with Crippen LogP contribution in [0.25, 0.3) is 0 Å². The van der Waals surface area contributed by atoms with Crippen LogP contribution in [0.4, 0.5) is 0 Å². The summed E-state index contributed by atoms with van der Waals surface area (Å²) in [6.07, 6.45) is 1.65. The topological polar surface area (TPSA) is 89.6 Å². The maximum Gasteiger partial charge on any atom is 0.320 e. The summed E-state index contributed by atoms with van der Waals surface area (Å²) >= 11 is 0. The Labute approximate surface area is 89.9 Å². The lowest BCUT2D eigenvalue weighted by Gasteiger charge is -2.07. The smallest absolute Gasteiger partial charge is 0.320 e. The Morgan fingerprint density at radius 3 is 2.07 bits per heavy atom. The average molecular weight is 217 g/mol. The molecule has 3 N–H and O–H groups in total. The molecule has 5 heteroatoms. The van der Waals surface area contributed by atoms with E-state index in [0.717, 1.165) is 6.26 Å². The van der Waals surface area contributed by atoms with Gasteiger partial charge in [-0.15, -0.1) is 0 Å². The Bertz CT molecular complexity index is 213. The van der Waals surface area contributed by atoms with E-state index in [9.17, 15) is 9.59 Å². The standard InChI is InChI=1S/C6H13NO2.C4H6O2/c1-4(2)3-5(7)6(8)9;1-3-6-4(2)5/h4-5H,3,7H2,1-2H3,(H,8,9);3H,1H2,2H3. The highest BCUT2D eigenvalue weighted by molar-refractivity contribution is 5.72. The second kappa shape index (κ2) is 9.21. The number of carbonyl (C=O) groups excluding carboxylic acids is 1. The zero-order valence-electron chi connectivity index (χ0n) is 9.40. The van der Waals surface area contributed by atoms with E-state index in [2.05, 4.69) is 11.3 Å². The molecular formula is C10H19NO4. The summed E-state index contributed by atoms with van der Waals surface area (Å²) in [5.74, 6) is -0.884. The first-order valence-electron chi connectivity index (χ1n) is 4.57. The molecule has 1 unspecified atom stereocenters. The van der Waals surface area contributed by atoms with Gasteiger partial charge in [-0.05, 0) is 12.3 Å². The molecule has 0 aliphatic carbocycles. The number of carboxylic acids is 1. The largest absolute Gasteiger partial charge is 0.480 e. The number of esters is 1. The fourth-order valence-electron chi connectivity index (χ4n) is 0.726. The molecule has 0 radical (unpaired) electrons. The van der Waals surface area contributed by atoms with E-state index in [-0.39, 0.29) is 5.97 Å². The van der Waals surface area contributed by atoms with Gasteiger partial charge in [0.1, 0.15) is 6.04 Å². The maximum absolute atomic E-state index is 10.1. The summed E-state index contributed by atoms with van der Waals surface area (Å²) < 4.78 is 4.17. The van der Waals surface area contributed by atoms with E-state index in [1.54, 1.807) is 0 Å². The van der Waals surface area contributed by atoms with Gasteiger partial charge in [-0.25, -0.2) is 0 Å². The molecule has 0 saturated carbocycles. The van der Waals surface area contributed by atoms with Crippen LogP contribution in [0.1, 0.15) is 27.2 Å². The van der Waals surface area contributed by atoms with Gasteiger partial charge < -0.3 is 15.6 Å². The average Bonchev–Trinajstić information content (AvgIpc) is 2.03. The van der Waals surface area contributed by atoms with Gasteiger partial charge in [-0.3, -0.25) is 9.59 Å². The van der Waals surface area contributed by atoms with E-state index in [1.165, 1.54) is 6.92 Å². The van der Waals surface area contributed by atoms with E-state index in [0.29, 0.717) is 12.3 Å². The van der Waals surface area contributed by atoms with Crippen molar-refractivity contribution in [2.24, 2.45) is 11.7 Å². The summed E-state index contributed by atoms with van der Waals surface area (Å²) in [7, 11) is 0. The molecule has 0 aromatic heterocycles. The van der Waals surface area contributed by atoms with Crippen molar-refractivity contribution in [1.82, 2.24) is 0 Å². The third-order valence-corrected chi connectivity index (χ3v) is 1.29. The first-order valence-corrected chi connectivity index (χ1v) is 4.57. The number of ether oxygens (including phenoxy) is 1. The summed E-state index contributed by atoms with van der Waals surface area (Å²) in [6.45, 7) is 8.37. The number of carbonyl (C=O) groups is 2. The minimum Gasteiger partial charge on any atom is -0.480 e. The van der Waals surface area contributed by atoms with Crippen molar-refractivity contribution in [3.63, 3.8) is 0 Å². The van der Waals surface area contributed by atoms with Crippen LogP contribution in [-0.2, 0) is 14.3 Å². The minimum absolute atomic E-state index is 0.329. The first kappa shape index (κ1) is 16.1.